The third kappa shape index (κ3) is 10.7. The summed E-state index contributed by atoms with van der Waals surface area (Å²) in [5.74, 6) is 0.123. The van der Waals surface area contributed by atoms with Gasteiger partial charge in [-0.3, -0.25) is 9.59 Å². The molecule has 2 heterocycles. The number of aromatic nitrogens is 4. The quantitative estimate of drug-likeness (QED) is 0.110. The maximum absolute atomic E-state index is 12.6. The summed E-state index contributed by atoms with van der Waals surface area (Å²) >= 11 is 6.60. The number of ether oxygens (including phenoxy) is 1. The number of aryl methyl sites for hydroxylation is 2. The average molecular weight is 614 g/mol. The van der Waals surface area contributed by atoms with Gasteiger partial charge < -0.3 is 15.0 Å². The molecule has 0 aliphatic carbocycles. The number of anilines is 1. The highest BCUT2D eigenvalue weighted by molar-refractivity contribution is 6.34. The third-order valence-corrected chi connectivity index (χ3v) is 8.18. The summed E-state index contributed by atoms with van der Waals surface area (Å²) in [5.41, 5.74) is 4.75. The molecule has 0 unspecified atom stereocenters. The van der Waals surface area contributed by atoms with Gasteiger partial charge in [-0.1, -0.05) is 110 Å². The van der Waals surface area contributed by atoms with Gasteiger partial charge in [0.25, 0.3) is 0 Å². The Morgan fingerprint density at radius 3 is 1.98 bits per heavy atom. The number of rotatable bonds is 18. The van der Waals surface area contributed by atoms with Gasteiger partial charge in [0.2, 0.25) is 5.91 Å². The molecule has 238 valence electrons. The maximum Gasteiger partial charge on any atom is 0.306 e. The summed E-state index contributed by atoms with van der Waals surface area (Å²) in [6.07, 6.45) is 15.4. The first-order valence-corrected chi connectivity index (χ1v) is 16.6. The Morgan fingerprint density at radius 1 is 0.884 bits per heavy atom. The number of nitrogens with zero attached hydrogens (tertiary/aromatic N) is 3. The van der Waals surface area contributed by atoms with Crippen molar-refractivity contribution in [3.63, 3.8) is 0 Å². The lowest BCUT2D eigenvalue weighted by molar-refractivity contribution is -0.144. The molecule has 9 heteroatoms. The zero-order valence-corrected chi connectivity index (χ0v) is 28.0. The van der Waals surface area contributed by atoms with E-state index in [1.165, 1.54) is 64.2 Å². The highest BCUT2D eigenvalue weighted by atomic mass is 35.5. The Bertz CT molecular complexity index is 1310. The Morgan fingerprint density at radius 2 is 1.44 bits per heavy atom. The molecule has 1 aromatic carbocycles. The minimum absolute atomic E-state index is 0.0731. The minimum Gasteiger partial charge on any atom is -0.466 e. The lowest BCUT2D eigenvalue weighted by atomic mass is 9.92. The molecule has 0 aliphatic heterocycles. The average Bonchev–Trinajstić information content (AvgIpc) is 3.48. The van der Waals surface area contributed by atoms with Crippen LogP contribution in [-0.2, 0) is 19.7 Å². The summed E-state index contributed by atoms with van der Waals surface area (Å²) in [4.78, 5) is 28.0. The second-order valence-corrected chi connectivity index (χ2v) is 13.2. The first kappa shape index (κ1) is 34.6. The van der Waals surface area contributed by atoms with E-state index < -0.39 is 0 Å². The molecule has 0 aliphatic rings. The monoisotopic (exact) mass is 613 g/mol. The second-order valence-electron chi connectivity index (χ2n) is 12.9. The second kappa shape index (κ2) is 16.8. The van der Waals surface area contributed by atoms with Crippen LogP contribution in [0.4, 0.5) is 5.69 Å². The van der Waals surface area contributed by atoms with Crippen molar-refractivity contribution in [3.8, 4) is 11.4 Å². The summed E-state index contributed by atoms with van der Waals surface area (Å²) in [6.45, 7) is 12.8. The number of carbonyl (C=O) groups is 2. The van der Waals surface area contributed by atoms with Crippen LogP contribution in [0.2, 0.25) is 5.02 Å². The topological polar surface area (TPSA) is 101 Å². The molecule has 1 amide bonds. The predicted octanol–water partition coefficient (Wildman–Crippen LogP) is 9.26. The Hall–Kier alpha value is -2.87. The molecule has 0 radical (unpaired) electrons. The van der Waals surface area contributed by atoms with Crippen molar-refractivity contribution in [2.75, 3.05) is 11.9 Å². The van der Waals surface area contributed by atoms with Crippen LogP contribution < -0.4 is 5.32 Å². The number of hydrogen-bond acceptors (Lipinski definition) is 5. The van der Waals surface area contributed by atoms with E-state index in [2.05, 4.69) is 48.2 Å². The summed E-state index contributed by atoms with van der Waals surface area (Å²) in [5, 5.41) is 12.7. The van der Waals surface area contributed by atoms with E-state index in [1.807, 2.05) is 26.0 Å². The van der Waals surface area contributed by atoms with Gasteiger partial charge in [0.15, 0.2) is 11.5 Å². The van der Waals surface area contributed by atoms with Crippen molar-refractivity contribution in [1.29, 1.82) is 0 Å². The number of amides is 1. The highest BCUT2D eigenvalue weighted by Gasteiger charge is 2.25. The van der Waals surface area contributed by atoms with E-state index in [0.29, 0.717) is 28.8 Å². The molecule has 3 aromatic rings. The number of carbonyl (C=O) groups excluding carboxylic acids is 2. The fourth-order valence-electron chi connectivity index (χ4n) is 5.44. The van der Waals surface area contributed by atoms with E-state index in [4.69, 9.17) is 16.3 Å². The number of unbranched alkanes of at least 4 members (excludes halogenated alkanes) is 11. The van der Waals surface area contributed by atoms with Crippen LogP contribution in [-0.4, -0.2) is 38.3 Å². The molecule has 0 spiro atoms. The zero-order chi connectivity index (χ0) is 31.4. The van der Waals surface area contributed by atoms with E-state index in [-0.39, 0.29) is 30.1 Å². The van der Waals surface area contributed by atoms with Gasteiger partial charge in [0.05, 0.1) is 18.7 Å². The first-order chi connectivity index (χ1) is 20.5. The summed E-state index contributed by atoms with van der Waals surface area (Å²) in [6, 6.07) is 3.80. The van der Waals surface area contributed by atoms with Crippen LogP contribution in [0.25, 0.3) is 17.0 Å². The molecule has 2 N–H and O–H groups in total. The molecular formula is C34H52ClN5O3. The van der Waals surface area contributed by atoms with Crippen LogP contribution in [0, 0.1) is 13.8 Å². The standard InChI is InChI=1S/C34H52ClN5O3/c1-7-8-9-10-11-12-13-14-15-16-17-18-21-43-28(42)20-19-27(41)36-26-22-24(2)29(25(3)23-26)32-37-33-30(35)31(34(4,5)6)38-40(33)39-32/h22-23H,7-21H2,1-6H3,(H,36,41)(H,37,39). The van der Waals surface area contributed by atoms with Crippen molar-refractivity contribution in [3.05, 3.63) is 34.0 Å². The Balaban J connectivity index is 1.35. The lowest BCUT2D eigenvalue weighted by Gasteiger charge is -2.15. The molecule has 0 fully saturated rings. The first-order valence-electron chi connectivity index (χ1n) is 16.2. The minimum atomic E-state index is -0.322. The lowest BCUT2D eigenvalue weighted by Crippen LogP contribution is -2.15. The molecule has 3 rings (SSSR count). The molecular weight excluding hydrogens is 562 g/mol. The number of halogens is 1. The number of fused-ring (bicyclic) bond motifs is 1. The number of hydrogen-bond donors (Lipinski definition) is 2. The maximum atomic E-state index is 12.6. The molecule has 0 atom stereocenters. The SMILES string of the molecule is CCCCCCCCCCCCCCOC(=O)CCC(=O)Nc1cc(C)c(-c2nn3nc(C(C)(C)C)c(Cl)c3[nH]2)c(C)c1. The molecule has 0 bridgehead atoms. The van der Waals surface area contributed by atoms with Crippen LogP contribution in [0.3, 0.4) is 0 Å². The molecule has 2 aromatic heterocycles. The number of H-pyrrole nitrogens is 1. The van der Waals surface area contributed by atoms with Crippen LogP contribution in [0.5, 0.6) is 0 Å². The fourth-order valence-corrected chi connectivity index (χ4v) is 5.88. The van der Waals surface area contributed by atoms with Gasteiger partial charge in [-0.2, -0.15) is 5.10 Å². The van der Waals surface area contributed by atoms with Crippen LogP contribution in [0.1, 0.15) is 134 Å². The molecule has 8 nitrogen and oxygen atoms in total. The zero-order valence-electron chi connectivity index (χ0n) is 27.2. The fraction of sp³-hybridized carbons (Fsp3) is 0.647. The van der Waals surface area contributed by atoms with Crippen LogP contribution >= 0.6 is 11.6 Å². The van der Waals surface area contributed by atoms with Gasteiger partial charge in [-0.05, 0) is 43.5 Å². The molecule has 0 saturated heterocycles. The van der Waals surface area contributed by atoms with E-state index in [9.17, 15) is 9.59 Å². The number of aromatic amines is 1. The van der Waals surface area contributed by atoms with Gasteiger partial charge in [-0.15, -0.1) is 9.73 Å². The van der Waals surface area contributed by atoms with E-state index in [0.717, 1.165) is 35.2 Å². The van der Waals surface area contributed by atoms with Crippen molar-refractivity contribution in [2.45, 2.75) is 137 Å². The van der Waals surface area contributed by atoms with Crippen molar-refractivity contribution in [1.82, 2.24) is 19.8 Å². The Labute approximate surface area is 262 Å². The van der Waals surface area contributed by atoms with Crippen molar-refractivity contribution in [2.24, 2.45) is 0 Å². The highest BCUT2D eigenvalue weighted by Crippen LogP contribution is 2.33. The van der Waals surface area contributed by atoms with Crippen LogP contribution in [0.15, 0.2) is 12.1 Å². The van der Waals surface area contributed by atoms with Gasteiger partial charge in [0.1, 0.15) is 5.02 Å². The summed E-state index contributed by atoms with van der Waals surface area (Å²) < 4.78 is 6.89. The van der Waals surface area contributed by atoms with Crippen molar-refractivity contribution >= 4 is 34.8 Å². The number of nitrogens with one attached hydrogen (secondary N) is 2. The van der Waals surface area contributed by atoms with Gasteiger partial charge >= 0.3 is 5.97 Å². The molecule has 43 heavy (non-hydrogen) atoms. The van der Waals surface area contributed by atoms with Gasteiger partial charge in [-0.25, -0.2) is 0 Å². The van der Waals surface area contributed by atoms with E-state index >= 15 is 0 Å². The van der Waals surface area contributed by atoms with E-state index in [1.54, 1.807) is 4.63 Å². The molecule has 0 saturated carbocycles. The third-order valence-electron chi connectivity index (χ3n) is 7.82. The summed E-state index contributed by atoms with van der Waals surface area (Å²) in [7, 11) is 0. The number of esters is 1. The largest absolute Gasteiger partial charge is 0.466 e. The van der Waals surface area contributed by atoms with Gasteiger partial charge in [0, 0.05) is 23.1 Å². The predicted molar refractivity (Wildman–Crippen MR) is 176 cm³/mol. The smallest absolute Gasteiger partial charge is 0.306 e. The van der Waals surface area contributed by atoms with Crippen molar-refractivity contribution < 1.29 is 14.3 Å². The Kier molecular flexibility index (Phi) is 13.6. The normalized spacial score (nSPS) is 11.8. The number of benzene rings is 1.